The summed E-state index contributed by atoms with van der Waals surface area (Å²) in [5.74, 6) is -1.05. The number of rotatable bonds is 4. The minimum Gasteiger partial charge on any atom is -0.326 e. The molecule has 0 heterocycles. The van der Waals surface area contributed by atoms with Crippen LogP contribution in [0.2, 0.25) is 0 Å². The second-order valence-corrected chi connectivity index (χ2v) is 6.35. The van der Waals surface area contributed by atoms with E-state index in [0.717, 1.165) is 22.9 Å². The molecule has 2 N–H and O–H groups in total. The Balaban J connectivity index is 1.81. The van der Waals surface area contributed by atoms with Crippen LogP contribution in [-0.2, 0) is 22.2 Å². The summed E-state index contributed by atoms with van der Waals surface area (Å²) in [5, 5.41) is 6.59. The number of benzene rings is 3. The quantitative estimate of drug-likeness (QED) is 0.663. The Morgan fingerprint density at radius 1 is 0.893 bits per heavy atom. The Morgan fingerprint density at radius 3 is 2.29 bits per heavy atom. The van der Waals surface area contributed by atoms with Crippen molar-refractivity contribution in [1.29, 1.82) is 0 Å². The zero-order valence-electron chi connectivity index (χ0n) is 14.9. The van der Waals surface area contributed by atoms with Gasteiger partial charge in [0.15, 0.2) is 0 Å². The monoisotopic (exact) mass is 386 g/mol. The topological polar surface area (TPSA) is 58.2 Å². The number of hydrogen-bond donors (Lipinski definition) is 2. The van der Waals surface area contributed by atoms with Crippen LogP contribution in [0.3, 0.4) is 0 Å². The minimum absolute atomic E-state index is 0.00681. The molecule has 0 atom stereocenters. The molecule has 3 aromatic rings. The van der Waals surface area contributed by atoms with E-state index in [1.165, 1.54) is 13.0 Å². The Hall–Kier alpha value is -3.35. The first-order valence-corrected chi connectivity index (χ1v) is 8.49. The summed E-state index contributed by atoms with van der Waals surface area (Å²) >= 11 is 0. The van der Waals surface area contributed by atoms with Crippen molar-refractivity contribution >= 4 is 34.0 Å². The normalized spacial score (nSPS) is 11.3. The summed E-state index contributed by atoms with van der Waals surface area (Å²) in [6.45, 7) is 1.20. The summed E-state index contributed by atoms with van der Waals surface area (Å²) in [5.41, 5.74) is -0.676. The van der Waals surface area contributed by atoms with E-state index in [9.17, 15) is 22.8 Å². The molecule has 144 valence electrons. The fraction of sp³-hybridized carbons (Fsp3) is 0.143. The molecular formula is C21H17F3N2O2. The SMILES string of the molecule is CC(=O)Nc1ccc(NC(=O)Cc2ccc3ccccc3c2)c(C(F)(F)F)c1. The summed E-state index contributed by atoms with van der Waals surface area (Å²) in [7, 11) is 0. The lowest BCUT2D eigenvalue weighted by Gasteiger charge is -2.15. The number of halogens is 3. The first kappa shape index (κ1) is 19.4. The maximum Gasteiger partial charge on any atom is 0.418 e. The van der Waals surface area contributed by atoms with Crippen LogP contribution in [0.1, 0.15) is 18.1 Å². The van der Waals surface area contributed by atoms with Gasteiger partial charge in [-0.2, -0.15) is 13.2 Å². The van der Waals surface area contributed by atoms with Crippen LogP contribution >= 0.6 is 0 Å². The van der Waals surface area contributed by atoms with Gasteiger partial charge in [-0.15, -0.1) is 0 Å². The number of hydrogen-bond acceptors (Lipinski definition) is 2. The van der Waals surface area contributed by atoms with Crippen molar-refractivity contribution in [3.8, 4) is 0 Å². The molecule has 0 aromatic heterocycles. The molecule has 0 bridgehead atoms. The maximum atomic E-state index is 13.4. The molecule has 0 fully saturated rings. The van der Waals surface area contributed by atoms with Gasteiger partial charge in [0.05, 0.1) is 17.7 Å². The molecule has 0 aliphatic carbocycles. The third kappa shape index (κ3) is 4.68. The summed E-state index contributed by atoms with van der Waals surface area (Å²) in [4.78, 5) is 23.4. The van der Waals surface area contributed by atoms with E-state index in [2.05, 4.69) is 10.6 Å². The second-order valence-electron chi connectivity index (χ2n) is 6.35. The Morgan fingerprint density at radius 2 is 1.61 bits per heavy atom. The van der Waals surface area contributed by atoms with Gasteiger partial charge in [0.25, 0.3) is 0 Å². The zero-order valence-corrected chi connectivity index (χ0v) is 14.9. The lowest BCUT2D eigenvalue weighted by atomic mass is 10.0. The van der Waals surface area contributed by atoms with Crippen LogP contribution in [0.5, 0.6) is 0 Å². The van der Waals surface area contributed by atoms with Crippen LogP contribution in [-0.4, -0.2) is 11.8 Å². The molecule has 0 radical (unpaired) electrons. The van der Waals surface area contributed by atoms with Crippen LogP contribution < -0.4 is 10.6 Å². The largest absolute Gasteiger partial charge is 0.418 e. The lowest BCUT2D eigenvalue weighted by Crippen LogP contribution is -2.19. The molecule has 0 saturated carbocycles. The molecular weight excluding hydrogens is 369 g/mol. The predicted molar refractivity (Wildman–Crippen MR) is 102 cm³/mol. The maximum absolute atomic E-state index is 13.4. The summed E-state index contributed by atoms with van der Waals surface area (Å²) in [6, 6.07) is 16.3. The molecule has 28 heavy (non-hydrogen) atoms. The van der Waals surface area contributed by atoms with Crippen molar-refractivity contribution in [3.63, 3.8) is 0 Å². The van der Waals surface area contributed by atoms with Crippen molar-refractivity contribution in [3.05, 3.63) is 71.8 Å². The second kappa shape index (κ2) is 7.72. The minimum atomic E-state index is -4.68. The Kier molecular flexibility index (Phi) is 5.35. The van der Waals surface area contributed by atoms with E-state index in [4.69, 9.17) is 0 Å². The number of fused-ring (bicyclic) bond motifs is 1. The molecule has 4 nitrogen and oxygen atoms in total. The molecule has 0 aliphatic heterocycles. The fourth-order valence-electron chi connectivity index (χ4n) is 2.90. The number of alkyl halides is 3. The molecule has 0 saturated heterocycles. The smallest absolute Gasteiger partial charge is 0.326 e. The molecule has 2 amide bonds. The van der Waals surface area contributed by atoms with Crippen molar-refractivity contribution in [1.82, 2.24) is 0 Å². The fourth-order valence-corrected chi connectivity index (χ4v) is 2.90. The van der Waals surface area contributed by atoms with Crippen LogP contribution in [0.4, 0.5) is 24.5 Å². The molecule has 0 spiro atoms. The number of carbonyl (C=O) groups is 2. The zero-order chi connectivity index (χ0) is 20.3. The van der Waals surface area contributed by atoms with Gasteiger partial charge >= 0.3 is 6.18 Å². The van der Waals surface area contributed by atoms with E-state index in [0.29, 0.717) is 5.56 Å². The van der Waals surface area contributed by atoms with E-state index >= 15 is 0 Å². The van der Waals surface area contributed by atoms with Gasteiger partial charge in [-0.3, -0.25) is 9.59 Å². The Bertz CT molecular complexity index is 1050. The third-order valence-electron chi connectivity index (χ3n) is 4.10. The standard InChI is InChI=1S/C21H17F3N2O2/c1-13(27)25-17-8-9-19(18(12-17)21(22,23)24)26-20(28)11-14-6-7-15-4-2-3-5-16(15)10-14/h2-10,12H,11H2,1H3,(H,25,27)(H,26,28). The van der Waals surface area contributed by atoms with Gasteiger partial charge in [-0.05, 0) is 34.5 Å². The number of nitrogens with one attached hydrogen (secondary N) is 2. The van der Waals surface area contributed by atoms with E-state index in [1.54, 1.807) is 6.07 Å². The first-order valence-electron chi connectivity index (χ1n) is 8.49. The molecule has 0 unspecified atom stereocenters. The van der Waals surface area contributed by atoms with E-state index < -0.39 is 23.6 Å². The third-order valence-corrected chi connectivity index (χ3v) is 4.10. The average Bonchev–Trinajstić information content (AvgIpc) is 2.61. The van der Waals surface area contributed by atoms with Gasteiger partial charge in [-0.25, -0.2) is 0 Å². The summed E-state index contributed by atoms with van der Waals surface area (Å²) in [6.07, 6.45) is -4.74. The van der Waals surface area contributed by atoms with Crippen molar-refractivity contribution < 1.29 is 22.8 Å². The van der Waals surface area contributed by atoms with E-state index in [-0.39, 0.29) is 17.8 Å². The predicted octanol–water partition coefficient (Wildman–Crippen LogP) is 5.00. The molecule has 3 aromatic carbocycles. The van der Waals surface area contributed by atoms with Crippen molar-refractivity contribution in [2.45, 2.75) is 19.5 Å². The number of anilines is 2. The van der Waals surface area contributed by atoms with Gasteiger partial charge in [0.1, 0.15) is 0 Å². The van der Waals surface area contributed by atoms with E-state index in [1.807, 2.05) is 36.4 Å². The molecule has 3 rings (SSSR count). The first-order chi connectivity index (χ1) is 13.2. The van der Waals surface area contributed by atoms with Gasteiger partial charge in [0, 0.05) is 12.6 Å². The van der Waals surface area contributed by atoms with Gasteiger partial charge in [-0.1, -0.05) is 42.5 Å². The van der Waals surface area contributed by atoms with Crippen LogP contribution in [0.25, 0.3) is 10.8 Å². The van der Waals surface area contributed by atoms with Crippen LogP contribution in [0.15, 0.2) is 60.7 Å². The average molecular weight is 386 g/mol. The summed E-state index contributed by atoms with van der Waals surface area (Å²) < 4.78 is 40.1. The highest BCUT2D eigenvalue weighted by atomic mass is 19.4. The highest BCUT2D eigenvalue weighted by Gasteiger charge is 2.34. The van der Waals surface area contributed by atoms with Gasteiger partial charge in [0.2, 0.25) is 11.8 Å². The van der Waals surface area contributed by atoms with Crippen molar-refractivity contribution in [2.75, 3.05) is 10.6 Å². The van der Waals surface area contributed by atoms with Crippen LogP contribution in [0, 0.1) is 0 Å². The highest BCUT2D eigenvalue weighted by Crippen LogP contribution is 2.36. The van der Waals surface area contributed by atoms with Gasteiger partial charge < -0.3 is 10.6 Å². The lowest BCUT2D eigenvalue weighted by molar-refractivity contribution is -0.137. The number of amides is 2. The Labute approximate surface area is 159 Å². The number of carbonyl (C=O) groups excluding carboxylic acids is 2. The highest BCUT2D eigenvalue weighted by molar-refractivity contribution is 5.95. The molecule has 7 heteroatoms. The molecule has 0 aliphatic rings. The van der Waals surface area contributed by atoms with Crippen molar-refractivity contribution in [2.24, 2.45) is 0 Å².